The Morgan fingerprint density at radius 1 is 1.28 bits per heavy atom. The summed E-state index contributed by atoms with van der Waals surface area (Å²) in [5.74, 6) is 0.795. The van der Waals surface area contributed by atoms with Gasteiger partial charge in [-0.1, -0.05) is 24.3 Å². The smallest absolute Gasteiger partial charge is 0.224 e. The third kappa shape index (κ3) is 4.97. The summed E-state index contributed by atoms with van der Waals surface area (Å²) in [7, 11) is 0. The van der Waals surface area contributed by atoms with Gasteiger partial charge in [0.1, 0.15) is 11.9 Å². The zero-order chi connectivity index (χ0) is 17.6. The van der Waals surface area contributed by atoms with E-state index in [2.05, 4.69) is 5.32 Å². The van der Waals surface area contributed by atoms with E-state index in [1.807, 2.05) is 37.3 Å². The zero-order valence-corrected chi connectivity index (χ0v) is 14.5. The number of anilines is 1. The molecule has 5 nitrogen and oxygen atoms in total. The Bertz CT molecular complexity index is 722. The number of nitrogen functional groups attached to an aromatic ring is 1. The van der Waals surface area contributed by atoms with Crippen LogP contribution in [0.3, 0.4) is 0 Å². The van der Waals surface area contributed by atoms with Crippen LogP contribution in [0.5, 0.6) is 5.75 Å². The predicted molar refractivity (Wildman–Crippen MR) is 97.4 cm³/mol. The summed E-state index contributed by atoms with van der Waals surface area (Å²) in [4.78, 5) is 12.2. The molecule has 2 aromatic carbocycles. The quantitative estimate of drug-likeness (QED) is 0.793. The summed E-state index contributed by atoms with van der Waals surface area (Å²) in [5.41, 5.74) is 9.41. The summed E-state index contributed by atoms with van der Waals surface area (Å²) in [5, 5.41) is 2.97. The van der Waals surface area contributed by atoms with E-state index in [4.69, 9.17) is 15.2 Å². The molecular formula is C20H24N2O3. The van der Waals surface area contributed by atoms with Gasteiger partial charge in [0.05, 0.1) is 19.6 Å². The van der Waals surface area contributed by atoms with Crippen molar-refractivity contribution in [1.29, 1.82) is 0 Å². The molecule has 0 aliphatic carbocycles. The van der Waals surface area contributed by atoms with E-state index in [9.17, 15) is 4.79 Å². The van der Waals surface area contributed by atoms with Gasteiger partial charge in [-0.3, -0.25) is 4.79 Å². The number of nitrogens with two attached hydrogens (primary N) is 1. The Morgan fingerprint density at radius 2 is 2.08 bits per heavy atom. The standard InChI is InChI=1S/C20H24N2O3/c1-14-2-5-16(19(10-14)25-18-8-9-24-13-18)12-22-20(23)11-15-3-6-17(21)7-4-15/h2-7,10,18H,8-9,11-13,21H2,1H3,(H,22,23). The lowest BCUT2D eigenvalue weighted by molar-refractivity contribution is -0.120. The molecule has 1 unspecified atom stereocenters. The van der Waals surface area contributed by atoms with Crippen LogP contribution in [0.4, 0.5) is 5.69 Å². The van der Waals surface area contributed by atoms with Crippen molar-refractivity contribution in [2.75, 3.05) is 18.9 Å². The Hall–Kier alpha value is -2.53. The maximum absolute atomic E-state index is 12.2. The van der Waals surface area contributed by atoms with Crippen molar-refractivity contribution >= 4 is 11.6 Å². The molecule has 5 heteroatoms. The fourth-order valence-corrected chi connectivity index (χ4v) is 2.78. The fourth-order valence-electron chi connectivity index (χ4n) is 2.78. The van der Waals surface area contributed by atoms with Crippen molar-refractivity contribution in [3.63, 3.8) is 0 Å². The number of benzene rings is 2. The minimum absolute atomic E-state index is 0.0273. The molecule has 1 atom stereocenters. The van der Waals surface area contributed by atoms with Crippen molar-refractivity contribution in [3.05, 3.63) is 59.2 Å². The minimum atomic E-state index is -0.0273. The van der Waals surface area contributed by atoms with Gasteiger partial charge in [0.15, 0.2) is 0 Å². The average Bonchev–Trinajstić information content (AvgIpc) is 3.09. The first-order chi connectivity index (χ1) is 12.1. The van der Waals surface area contributed by atoms with Crippen LogP contribution in [0, 0.1) is 6.92 Å². The van der Waals surface area contributed by atoms with Crippen molar-refractivity contribution in [1.82, 2.24) is 5.32 Å². The maximum Gasteiger partial charge on any atom is 0.224 e. The SMILES string of the molecule is Cc1ccc(CNC(=O)Cc2ccc(N)cc2)c(OC2CCOC2)c1. The number of amides is 1. The monoisotopic (exact) mass is 340 g/mol. The Balaban J connectivity index is 1.59. The molecule has 0 saturated carbocycles. The molecule has 1 heterocycles. The molecule has 2 aromatic rings. The second kappa shape index (κ2) is 8.03. The maximum atomic E-state index is 12.2. The first-order valence-electron chi connectivity index (χ1n) is 8.55. The summed E-state index contributed by atoms with van der Waals surface area (Å²) in [6.45, 7) is 3.83. The topological polar surface area (TPSA) is 73.6 Å². The second-order valence-corrected chi connectivity index (χ2v) is 6.41. The van der Waals surface area contributed by atoms with Gasteiger partial charge in [-0.2, -0.15) is 0 Å². The van der Waals surface area contributed by atoms with E-state index in [1.165, 1.54) is 0 Å². The number of rotatable bonds is 6. The van der Waals surface area contributed by atoms with Gasteiger partial charge in [0, 0.05) is 24.2 Å². The summed E-state index contributed by atoms with van der Waals surface area (Å²) in [6.07, 6.45) is 1.32. The number of nitrogens with one attached hydrogen (secondary N) is 1. The van der Waals surface area contributed by atoms with Crippen LogP contribution in [0.1, 0.15) is 23.1 Å². The lowest BCUT2D eigenvalue weighted by Gasteiger charge is -2.17. The van der Waals surface area contributed by atoms with E-state index in [1.54, 1.807) is 12.1 Å². The molecule has 1 aliphatic rings. The minimum Gasteiger partial charge on any atom is -0.488 e. The molecule has 25 heavy (non-hydrogen) atoms. The summed E-state index contributed by atoms with van der Waals surface area (Å²) in [6, 6.07) is 13.4. The van der Waals surface area contributed by atoms with Gasteiger partial charge in [0.2, 0.25) is 5.91 Å². The van der Waals surface area contributed by atoms with Gasteiger partial charge in [-0.25, -0.2) is 0 Å². The van der Waals surface area contributed by atoms with Crippen LogP contribution in [0.25, 0.3) is 0 Å². The zero-order valence-electron chi connectivity index (χ0n) is 14.5. The number of aryl methyl sites for hydroxylation is 1. The molecular weight excluding hydrogens is 316 g/mol. The number of carbonyl (C=O) groups excluding carboxylic acids is 1. The van der Waals surface area contributed by atoms with Gasteiger partial charge in [-0.05, 0) is 36.2 Å². The molecule has 1 amide bonds. The lowest BCUT2D eigenvalue weighted by Crippen LogP contribution is -2.25. The third-order valence-electron chi connectivity index (χ3n) is 4.22. The largest absolute Gasteiger partial charge is 0.488 e. The van der Waals surface area contributed by atoms with E-state index in [0.717, 1.165) is 35.5 Å². The summed E-state index contributed by atoms with van der Waals surface area (Å²) < 4.78 is 11.4. The highest BCUT2D eigenvalue weighted by Crippen LogP contribution is 2.23. The highest BCUT2D eigenvalue weighted by Gasteiger charge is 2.19. The van der Waals surface area contributed by atoms with E-state index >= 15 is 0 Å². The molecule has 0 bridgehead atoms. The molecule has 3 rings (SSSR count). The number of ether oxygens (including phenoxy) is 2. The molecule has 1 saturated heterocycles. The lowest BCUT2D eigenvalue weighted by atomic mass is 10.1. The van der Waals surface area contributed by atoms with Gasteiger partial charge in [-0.15, -0.1) is 0 Å². The second-order valence-electron chi connectivity index (χ2n) is 6.41. The number of carbonyl (C=O) groups is 1. The molecule has 1 fully saturated rings. The highest BCUT2D eigenvalue weighted by molar-refractivity contribution is 5.78. The van der Waals surface area contributed by atoms with Crippen molar-refractivity contribution in [2.24, 2.45) is 0 Å². The molecule has 1 aliphatic heterocycles. The van der Waals surface area contributed by atoms with Crippen molar-refractivity contribution < 1.29 is 14.3 Å². The first kappa shape index (κ1) is 17.3. The van der Waals surface area contributed by atoms with Crippen LogP contribution < -0.4 is 15.8 Å². The molecule has 0 radical (unpaired) electrons. The molecule has 3 N–H and O–H groups in total. The van der Waals surface area contributed by atoms with Gasteiger partial charge in [0.25, 0.3) is 0 Å². The Labute approximate surface area is 148 Å². The van der Waals surface area contributed by atoms with E-state index in [-0.39, 0.29) is 12.0 Å². The number of hydrogen-bond acceptors (Lipinski definition) is 4. The van der Waals surface area contributed by atoms with E-state index < -0.39 is 0 Å². The number of hydrogen-bond donors (Lipinski definition) is 2. The normalized spacial score (nSPS) is 16.6. The van der Waals surface area contributed by atoms with Crippen molar-refractivity contribution in [2.45, 2.75) is 32.4 Å². The van der Waals surface area contributed by atoms with Gasteiger partial charge >= 0.3 is 0 Å². The molecule has 0 spiro atoms. The highest BCUT2D eigenvalue weighted by atomic mass is 16.5. The Kier molecular flexibility index (Phi) is 5.56. The Morgan fingerprint density at radius 3 is 2.80 bits per heavy atom. The van der Waals surface area contributed by atoms with Crippen LogP contribution in [-0.4, -0.2) is 25.2 Å². The van der Waals surface area contributed by atoms with Crippen LogP contribution >= 0.6 is 0 Å². The van der Waals surface area contributed by atoms with E-state index in [0.29, 0.717) is 25.3 Å². The first-order valence-corrected chi connectivity index (χ1v) is 8.55. The van der Waals surface area contributed by atoms with Crippen LogP contribution in [0.2, 0.25) is 0 Å². The third-order valence-corrected chi connectivity index (χ3v) is 4.22. The molecule has 0 aromatic heterocycles. The van der Waals surface area contributed by atoms with Gasteiger partial charge < -0.3 is 20.5 Å². The fraction of sp³-hybridized carbons (Fsp3) is 0.350. The average molecular weight is 340 g/mol. The van der Waals surface area contributed by atoms with Crippen LogP contribution in [-0.2, 0) is 22.5 Å². The van der Waals surface area contributed by atoms with Crippen molar-refractivity contribution in [3.8, 4) is 5.75 Å². The summed E-state index contributed by atoms with van der Waals surface area (Å²) >= 11 is 0. The predicted octanol–water partition coefficient (Wildman–Crippen LogP) is 2.60. The van der Waals surface area contributed by atoms with Crippen LogP contribution in [0.15, 0.2) is 42.5 Å². The molecule has 132 valence electrons.